The first-order valence-electron chi connectivity index (χ1n) is 10.4. The number of nitrogens with one attached hydrogen (secondary N) is 1. The van der Waals surface area contributed by atoms with Gasteiger partial charge in [0, 0.05) is 35.8 Å². The summed E-state index contributed by atoms with van der Waals surface area (Å²) in [4.78, 5) is 18.4. The van der Waals surface area contributed by atoms with Crippen LogP contribution in [0.15, 0.2) is 24.8 Å². The topological polar surface area (TPSA) is 84.0 Å². The molecule has 30 heavy (non-hydrogen) atoms. The third-order valence-electron chi connectivity index (χ3n) is 6.88. The lowest BCUT2D eigenvalue weighted by Gasteiger charge is -2.47. The molecule has 4 unspecified atom stereocenters. The zero-order valence-electron chi connectivity index (χ0n) is 17.8. The maximum atomic E-state index is 12.3. The smallest absolute Gasteiger partial charge is 0.311 e. The highest BCUT2D eigenvalue weighted by Gasteiger charge is 2.44. The second-order valence-electron chi connectivity index (χ2n) is 8.14. The standard InChI is InChI=1S/C23H30N2O5/c1-5-13-11-25-7-6-14-16-9-20(28-2)21(29-3)10-18(16)24-22(14)19(25)8-15(13)17(12-26)23(27)30-4/h5,9-10,13,15,17,19,24,26H,1,6-8,11-12H2,2-4H3. The van der Waals surface area contributed by atoms with Crippen LogP contribution < -0.4 is 9.47 Å². The number of rotatable bonds is 6. The number of aliphatic hydroxyl groups is 1. The minimum Gasteiger partial charge on any atom is -0.493 e. The van der Waals surface area contributed by atoms with Crippen LogP contribution >= 0.6 is 0 Å². The summed E-state index contributed by atoms with van der Waals surface area (Å²) in [5.41, 5.74) is 3.50. The fourth-order valence-corrected chi connectivity index (χ4v) is 5.32. The van der Waals surface area contributed by atoms with E-state index >= 15 is 0 Å². The molecule has 2 aliphatic rings. The predicted molar refractivity (Wildman–Crippen MR) is 114 cm³/mol. The van der Waals surface area contributed by atoms with Crippen molar-refractivity contribution in [2.24, 2.45) is 17.8 Å². The number of ether oxygens (including phenoxy) is 3. The maximum absolute atomic E-state index is 12.3. The Morgan fingerprint density at radius 1 is 1.33 bits per heavy atom. The molecule has 4 rings (SSSR count). The van der Waals surface area contributed by atoms with Gasteiger partial charge in [0.2, 0.25) is 0 Å². The second-order valence-corrected chi connectivity index (χ2v) is 8.14. The lowest BCUT2D eigenvalue weighted by Crippen LogP contribution is -2.48. The summed E-state index contributed by atoms with van der Waals surface area (Å²) in [5.74, 6) is 0.611. The lowest BCUT2D eigenvalue weighted by atomic mass is 9.72. The molecule has 7 heteroatoms. The molecule has 1 aromatic heterocycles. The number of fused-ring (bicyclic) bond motifs is 5. The average molecular weight is 415 g/mol. The Hall–Kier alpha value is -2.51. The largest absolute Gasteiger partial charge is 0.493 e. The van der Waals surface area contributed by atoms with E-state index in [0.717, 1.165) is 36.8 Å². The monoisotopic (exact) mass is 414 g/mol. The number of aromatic nitrogens is 1. The van der Waals surface area contributed by atoms with E-state index in [9.17, 15) is 9.90 Å². The summed E-state index contributed by atoms with van der Waals surface area (Å²) in [5, 5.41) is 11.1. The van der Waals surface area contributed by atoms with Crippen molar-refractivity contribution in [1.82, 2.24) is 9.88 Å². The molecule has 2 aromatic rings. The lowest BCUT2D eigenvalue weighted by molar-refractivity contribution is -0.151. The van der Waals surface area contributed by atoms with Crippen LogP contribution in [-0.4, -0.2) is 62.0 Å². The molecular formula is C23H30N2O5. The Kier molecular flexibility index (Phi) is 5.75. The molecule has 0 saturated carbocycles. The number of hydrogen-bond donors (Lipinski definition) is 2. The van der Waals surface area contributed by atoms with E-state index in [1.54, 1.807) is 14.2 Å². The summed E-state index contributed by atoms with van der Waals surface area (Å²) in [7, 11) is 4.66. The van der Waals surface area contributed by atoms with Gasteiger partial charge in [0.05, 0.1) is 39.9 Å². The number of carbonyl (C=O) groups excluding carboxylic acids is 1. The Balaban J connectivity index is 1.75. The number of nitrogens with zero attached hydrogens (tertiary/aromatic N) is 1. The predicted octanol–water partition coefficient (Wildman–Crippen LogP) is 2.69. The van der Waals surface area contributed by atoms with Crippen molar-refractivity contribution in [3.8, 4) is 11.5 Å². The third kappa shape index (κ3) is 3.26. The molecule has 3 heterocycles. The minimum absolute atomic E-state index is 0.0253. The van der Waals surface area contributed by atoms with Crippen molar-refractivity contribution in [3.63, 3.8) is 0 Å². The normalized spacial score (nSPS) is 24.6. The number of benzene rings is 1. The molecule has 1 saturated heterocycles. The fourth-order valence-electron chi connectivity index (χ4n) is 5.32. The highest BCUT2D eigenvalue weighted by molar-refractivity contribution is 5.88. The van der Waals surface area contributed by atoms with Gasteiger partial charge in [-0.25, -0.2) is 0 Å². The van der Waals surface area contributed by atoms with Gasteiger partial charge in [0.15, 0.2) is 11.5 Å². The number of aromatic amines is 1. The van der Waals surface area contributed by atoms with Gasteiger partial charge in [0.1, 0.15) is 0 Å². The number of hydrogen-bond acceptors (Lipinski definition) is 6. The zero-order chi connectivity index (χ0) is 21.4. The van der Waals surface area contributed by atoms with Crippen molar-refractivity contribution in [1.29, 1.82) is 0 Å². The third-order valence-corrected chi connectivity index (χ3v) is 6.88. The van der Waals surface area contributed by atoms with Crippen LogP contribution in [0.5, 0.6) is 11.5 Å². The van der Waals surface area contributed by atoms with Crippen LogP contribution in [-0.2, 0) is 16.0 Å². The molecule has 0 bridgehead atoms. The van der Waals surface area contributed by atoms with Gasteiger partial charge in [-0.05, 0) is 36.3 Å². The van der Waals surface area contributed by atoms with Gasteiger partial charge in [-0.1, -0.05) is 6.08 Å². The van der Waals surface area contributed by atoms with Crippen molar-refractivity contribution in [2.45, 2.75) is 18.9 Å². The van der Waals surface area contributed by atoms with E-state index in [1.807, 2.05) is 18.2 Å². The quantitative estimate of drug-likeness (QED) is 0.559. The Bertz CT molecular complexity index is 953. The fraction of sp³-hybridized carbons (Fsp3) is 0.522. The number of piperidine rings is 1. The SMILES string of the molecule is C=CC1CN2CCc3c([nH]c4cc(OC)c(OC)cc34)C2CC1C(CO)C(=O)OC. The molecule has 1 fully saturated rings. The first-order valence-corrected chi connectivity index (χ1v) is 10.4. The molecule has 0 amide bonds. The molecule has 1 aromatic carbocycles. The van der Waals surface area contributed by atoms with E-state index < -0.39 is 5.92 Å². The van der Waals surface area contributed by atoms with Gasteiger partial charge < -0.3 is 24.3 Å². The maximum Gasteiger partial charge on any atom is 0.311 e. The zero-order valence-corrected chi connectivity index (χ0v) is 17.8. The van der Waals surface area contributed by atoms with Crippen LogP contribution in [0, 0.1) is 17.8 Å². The Morgan fingerprint density at radius 2 is 2.07 bits per heavy atom. The minimum atomic E-state index is -0.546. The van der Waals surface area contributed by atoms with Gasteiger partial charge in [-0.3, -0.25) is 9.69 Å². The number of esters is 1. The van der Waals surface area contributed by atoms with Crippen molar-refractivity contribution in [2.75, 3.05) is 41.0 Å². The summed E-state index contributed by atoms with van der Waals surface area (Å²) < 4.78 is 15.9. The van der Waals surface area contributed by atoms with E-state index in [4.69, 9.17) is 14.2 Å². The van der Waals surface area contributed by atoms with Gasteiger partial charge >= 0.3 is 5.97 Å². The number of aliphatic hydroxyl groups excluding tert-OH is 1. The highest BCUT2D eigenvalue weighted by atomic mass is 16.5. The van der Waals surface area contributed by atoms with E-state index in [-0.39, 0.29) is 30.5 Å². The number of H-pyrrole nitrogens is 1. The summed E-state index contributed by atoms with van der Waals surface area (Å²) in [6, 6.07) is 4.17. The van der Waals surface area contributed by atoms with Gasteiger partial charge in [0.25, 0.3) is 0 Å². The van der Waals surface area contributed by atoms with Crippen LogP contribution in [0.1, 0.15) is 23.7 Å². The highest BCUT2D eigenvalue weighted by Crippen LogP contribution is 2.46. The average Bonchev–Trinajstić information content (AvgIpc) is 3.15. The Morgan fingerprint density at radius 3 is 2.70 bits per heavy atom. The molecule has 7 nitrogen and oxygen atoms in total. The molecule has 0 spiro atoms. The summed E-state index contributed by atoms with van der Waals surface area (Å²) >= 11 is 0. The first kappa shape index (κ1) is 20.8. The number of carbonyl (C=O) groups is 1. The van der Waals surface area contributed by atoms with E-state index in [0.29, 0.717) is 11.5 Å². The summed E-state index contributed by atoms with van der Waals surface area (Å²) in [6.45, 7) is 5.53. The van der Waals surface area contributed by atoms with Gasteiger partial charge in [-0.2, -0.15) is 0 Å². The van der Waals surface area contributed by atoms with Crippen molar-refractivity contribution in [3.05, 3.63) is 36.0 Å². The molecule has 162 valence electrons. The molecule has 2 aliphatic heterocycles. The van der Waals surface area contributed by atoms with Crippen LogP contribution in [0.2, 0.25) is 0 Å². The van der Waals surface area contributed by atoms with E-state index in [2.05, 4.69) is 16.5 Å². The molecule has 0 radical (unpaired) electrons. The first-order chi connectivity index (χ1) is 14.6. The molecule has 2 N–H and O–H groups in total. The molecule has 4 atom stereocenters. The van der Waals surface area contributed by atoms with Crippen molar-refractivity contribution < 1.29 is 24.1 Å². The van der Waals surface area contributed by atoms with Crippen LogP contribution in [0.25, 0.3) is 10.9 Å². The second kappa shape index (κ2) is 8.32. The number of methoxy groups -OCH3 is 3. The van der Waals surface area contributed by atoms with Gasteiger partial charge in [-0.15, -0.1) is 6.58 Å². The van der Waals surface area contributed by atoms with E-state index in [1.165, 1.54) is 18.4 Å². The molecule has 0 aliphatic carbocycles. The van der Waals surface area contributed by atoms with Crippen molar-refractivity contribution >= 4 is 16.9 Å². The summed E-state index contributed by atoms with van der Waals surface area (Å²) in [6.07, 6.45) is 3.62. The Labute approximate surface area is 176 Å². The van der Waals surface area contributed by atoms with Crippen LogP contribution in [0.4, 0.5) is 0 Å². The molecular weight excluding hydrogens is 384 g/mol. The van der Waals surface area contributed by atoms with Crippen LogP contribution in [0.3, 0.4) is 0 Å².